The molecule has 0 spiro atoms. The summed E-state index contributed by atoms with van der Waals surface area (Å²) in [5.74, 6) is 1.29. The molecule has 0 aromatic heterocycles. The van der Waals surface area contributed by atoms with Crippen LogP contribution in [-0.4, -0.2) is 13.2 Å². The molecule has 2 aromatic carbocycles. The van der Waals surface area contributed by atoms with Crippen LogP contribution in [0.4, 0.5) is 0 Å². The first kappa shape index (κ1) is 26.7. The van der Waals surface area contributed by atoms with Gasteiger partial charge in [-0.3, -0.25) is 0 Å². The fourth-order valence-corrected chi connectivity index (χ4v) is 3.53. The smallest absolute Gasteiger partial charge is 0.114 e. The molecule has 0 aliphatic heterocycles. The second kappa shape index (κ2) is 13.3. The summed E-state index contributed by atoms with van der Waals surface area (Å²) in [6.07, 6.45) is 3.41. The van der Waals surface area contributed by atoms with Gasteiger partial charge in [0.1, 0.15) is 11.5 Å². The minimum atomic E-state index is 0.597. The van der Waals surface area contributed by atoms with E-state index in [2.05, 4.69) is 88.0 Å². The zero-order valence-corrected chi connectivity index (χ0v) is 20.9. The lowest BCUT2D eigenvalue weighted by Crippen LogP contribution is -1.98. The summed E-state index contributed by atoms with van der Waals surface area (Å²) in [5, 5.41) is 0. The standard InChI is InChI=1S/C32H38O2/c1-23(2)27(7)33-21-13-15-25(5)29-17-9-11-19-31(29)32-20-12-10-18-30(32)26(6)16-14-22-34-28(8)24(3)4/h9-12,17-20H,1,3,5-8,13-16,21-22H2,2,4H3. The van der Waals surface area contributed by atoms with Crippen molar-refractivity contribution in [2.24, 2.45) is 0 Å². The zero-order chi connectivity index (χ0) is 25.1. The highest BCUT2D eigenvalue weighted by atomic mass is 16.5. The van der Waals surface area contributed by atoms with Crippen molar-refractivity contribution in [1.82, 2.24) is 0 Å². The average Bonchev–Trinajstić information content (AvgIpc) is 2.83. The van der Waals surface area contributed by atoms with E-state index in [-0.39, 0.29) is 0 Å². The van der Waals surface area contributed by atoms with Crippen molar-refractivity contribution in [3.63, 3.8) is 0 Å². The Morgan fingerprint density at radius 2 is 0.941 bits per heavy atom. The highest BCUT2D eigenvalue weighted by Crippen LogP contribution is 2.35. The fourth-order valence-electron chi connectivity index (χ4n) is 3.53. The van der Waals surface area contributed by atoms with Crippen molar-refractivity contribution in [1.29, 1.82) is 0 Å². The summed E-state index contributed by atoms with van der Waals surface area (Å²) in [6, 6.07) is 16.9. The Kier molecular flexibility index (Phi) is 10.4. The van der Waals surface area contributed by atoms with Gasteiger partial charge in [-0.25, -0.2) is 0 Å². The zero-order valence-electron chi connectivity index (χ0n) is 20.9. The minimum Gasteiger partial charge on any atom is -0.494 e. The Labute approximate surface area is 206 Å². The van der Waals surface area contributed by atoms with Gasteiger partial charge in [0.05, 0.1) is 13.2 Å². The molecule has 0 saturated heterocycles. The largest absolute Gasteiger partial charge is 0.494 e. The van der Waals surface area contributed by atoms with Gasteiger partial charge >= 0.3 is 0 Å². The topological polar surface area (TPSA) is 18.5 Å². The molecule has 0 bridgehead atoms. The summed E-state index contributed by atoms with van der Waals surface area (Å²) in [4.78, 5) is 0. The maximum absolute atomic E-state index is 5.66. The van der Waals surface area contributed by atoms with E-state index in [4.69, 9.17) is 9.47 Å². The molecule has 0 aliphatic carbocycles. The van der Waals surface area contributed by atoms with Gasteiger partial charge < -0.3 is 9.47 Å². The molecular formula is C32H38O2. The second-order valence-electron chi connectivity index (χ2n) is 8.61. The van der Waals surface area contributed by atoms with E-state index >= 15 is 0 Å². The predicted molar refractivity (Wildman–Crippen MR) is 148 cm³/mol. The second-order valence-corrected chi connectivity index (χ2v) is 8.61. The van der Waals surface area contributed by atoms with Gasteiger partial charge in [-0.2, -0.15) is 0 Å². The van der Waals surface area contributed by atoms with E-state index < -0.39 is 0 Å². The van der Waals surface area contributed by atoms with Crippen LogP contribution < -0.4 is 0 Å². The lowest BCUT2D eigenvalue weighted by atomic mass is 9.88. The molecule has 0 unspecified atom stereocenters. The van der Waals surface area contributed by atoms with E-state index in [1.165, 1.54) is 11.1 Å². The summed E-state index contributed by atoms with van der Waals surface area (Å²) in [7, 11) is 0. The van der Waals surface area contributed by atoms with Gasteiger partial charge in [-0.05, 0) is 84.1 Å². The molecule has 0 heterocycles. The molecule has 0 N–H and O–H groups in total. The molecule has 0 amide bonds. The Balaban J connectivity index is 2.10. The average molecular weight is 455 g/mol. The SMILES string of the molecule is C=C(C)C(=C)OCCCC(=C)c1ccccc1-c1ccccc1C(=C)CCCOC(=C)C(=C)C. The highest BCUT2D eigenvalue weighted by Gasteiger charge is 2.13. The van der Waals surface area contributed by atoms with Crippen LogP contribution >= 0.6 is 0 Å². The molecule has 0 aliphatic rings. The van der Waals surface area contributed by atoms with Crippen molar-refractivity contribution in [3.8, 4) is 11.1 Å². The van der Waals surface area contributed by atoms with Crippen LogP contribution in [0.5, 0.6) is 0 Å². The third kappa shape index (κ3) is 7.81. The van der Waals surface area contributed by atoms with Gasteiger partial charge in [-0.15, -0.1) is 0 Å². The van der Waals surface area contributed by atoms with E-state index in [9.17, 15) is 0 Å². The highest BCUT2D eigenvalue weighted by molar-refractivity contribution is 5.87. The predicted octanol–water partition coefficient (Wildman–Crippen LogP) is 9.15. The lowest BCUT2D eigenvalue weighted by Gasteiger charge is -2.17. The molecule has 2 aromatic rings. The van der Waals surface area contributed by atoms with Gasteiger partial charge in [0.25, 0.3) is 0 Å². The maximum atomic E-state index is 5.66. The number of rotatable bonds is 15. The fraction of sp³-hybridized carbons (Fsp3) is 0.250. The van der Waals surface area contributed by atoms with Crippen LogP contribution in [0.2, 0.25) is 0 Å². The van der Waals surface area contributed by atoms with Crippen LogP contribution in [0.1, 0.15) is 50.7 Å². The molecule has 2 nitrogen and oxygen atoms in total. The normalized spacial score (nSPS) is 10.3. The molecule has 0 atom stereocenters. The van der Waals surface area contributed by atoms with Gasteiger partial charge in [0, 0.05) is 0 Å². The van der Waals surface area contributed by atoms with Crippen LogP contribution in [0.15, 0.2) is 111 Å². The Bertz CT molecular complexity index is 996. The van der Waals surface area contributed by atoms with Crippen LogP contribution in [-0.2, 0) is 9.47 Å². The van der Waals surface area contributed by atoms with Crippen molar-refractivity contribution in [3.05, 3.63) is 122 Å². The molecule has 0 radical (unpaired) electrons. The first-order valence-corrected chi connectivity index (χ1v) is 11.7. The van der Waals surface area contributed by atoms with Crippen molar-refractivity contribution < 1.29 is 9.47 Å². The summed E-state index contributed by atoms with van der Waals surface area (Å²) >= 11 is 0. The van der Waals surface area contributed by atoms with Crippen molar-refractivity contribution >= 4 is 11.1 Å². The van der Waals surface area contributed by atoms with Crippen molar-refractivity contribution in [2.45, 2.75) is 39.5 Å². The first-order chi connectivity index (χ1) is 16.2. The Morgan fingerprint density at radius 1 is 0.588 bits per heavy atom. The Hall–Kier alpha value is -3.52. The maximum Gasteiger partial charge on any atom is 0.114 e. The quantitative estimate of drug-likeness (QED) is 0.152. The van der Waals surface area contributed by atoms with E-state index in [0.29, 0.717) is 24.7 Å². The van der Waals surface area contributed by atoms with Gasteiger partial charge in [0.2, 0.25) is 0 Å². The molecule has 178 valence electrons. The third-order valence-corrected chi connectivity index (χ3v) is 5.66. The molecule has 0 saturated carbocycles. The number of hydrogen-bond acceptors (Lipinski definition) is 2. The number of benzene rings is 2. The summed E-state index contributed by atoms with van der Waals surface area (Å²) in [6.45, 7) is 29.2. The van der Waals surface area contributed by atoms with Crippen LogP contribution in [0.3, 0.4) is 0 Å². The van der Waals surface area contributed by atoms with Gasteiger partial charge in [-0.1, -0.05) is 88.0 Å². The van der Waals surface area contributed by atoms with Gasteiger partial charge in [0.15, 0.2) is 0 Å². The lowest BCUT2D eigenvalue weighted by molar-refractivity contribution is 0.219. The molecule has 2 rings (SSSR count). The third-order valence-electron chi connectivity index (χ3n) is 5.66. The molecule has 2 heteroatoms. The number of allylic oxidation sites excluding steroid dienone is 4. The van der Waals surface area contributed by atoms with Crippen LogP contribution in [0, 0.1) is 0 Å². The molecular weight excluding hydrogens is 416 g/mol. The molecule has 34 heavy (non-hydrogen) atoms. The van der Waals surface area contributed by atoms with E-state index in [1.807, 2.05) is 13.8 Å². The number of hydrogen-bond donors (Lipinski definition) is 0. The van der Waals surface area contributed by atoms with Crippen LogP contribution in [0.25, 0.3) is 22.3 Å². The summed E-state index contributed by atoms with van der Waals surface area (Å²) < 4.78 is 11.3. The van der Waals surface area contributed by atoms with Crippen molar-refractivity contribution in [2.75, 3.05) is 13.2 Å². The number of ether oxygens (including phenoxy) is 2. The summed E-state index contributed by atoms with van der Waals surface area (Å²) in [5.41, 5.74) is 8.54. The monoisotopic (exact) mass is 454 g/mol. The first-order valence-electron chi connectivity index (χ1n) is 11.7. The minimum absolute atomic E-state index is 0.597. The molecule has 0 fully saturated rings. The van der Waals surface area contributed by atoms with E-state index in [1.54, 1.807) is 0 Å². The van der Waals surface area contributed by atoms with E-state index in [0.717, 1.165) is 59.1 Å². The Morgan fingerprint density at radius 3 is 1.29 bits per heavy atom.